The third kappa shape index (κ3) is 1.94. The van der Waals surface area contributed by atoms with E-state index in [9.17, 15) is 9.90 Å². The molecular formula is C12H10N4O3S. The standard InChI is InChI=1S/C12H10N4O3S/c1-6-5-8(17)9(10(18)19-6)7-3-4-13-11-14-12(20-2)15-16(7)11/h3-5,17H,1-2H3. The van der Waals surface area contributed by atoms with Crippen molar-refractivity contribution in [2.24, 2.45) is 0 Å². The summed E-state index contributed by atoms with van der Waals surface area (Å²) in [5, 5.41) is 14.8. The van der Waals surface area contributed by atoms with Crippen LogP contribution in [0.3, 0.4) is 0 Å². The van der Waals surface area contributed by atoms with E-state index < -0.39 is 5.63 Å². The average Bonchev–Trinajstić information content (AvgIpc) is 2.81. The number of aryl methyl sites for hydroxylation is 1. The van der Waals surface area contributed by atoms with Crippen LogP contribution in [-0.4, -0.2) is 30.9 Å². The van der Waals surface area contributed by atoms with Gasteiger partial charge in [-0.25, -0.2) is 9.78 Å². The van der Waals surface area contributed by atoms with Crippen molar-refractivity contribution in [3.63, 3.8) is 0 Å². The lowest BCUT2D eigenvalue weighted by Crippen LogP contribution is -2.08. The zero-order valence-electron chi connectivity index (χ0n) is 10.7. The number of thioether (sulfide) groups is 1. The highest BCUT2D eigenvalue weighted by Crippen LogP contribution is 2.26. The van der Waals surface area contributed by atoms with Crippen LogP contribution < -0.4 is 5.63 Å². The van der Waals surface area contributed by atoms with Gasteiger partial charge in [0.25, 0.3) is 5.78 Å². The molecule has 0 saturated heterocycles. The second kappa shape index (κ2) is 4.64. The summed E-state index contributed by atoms with van der Waals surface area (Å²) in [4.78, 5) is 20.2. The summed E-state index contributed by atoms with van der Waals surface area (Å²) in [5.74, 6) is 0.531. The number of rotatable bonds is 2. The third-order valence-electron chi connectivity index (χ3n) is 2.71. The molecular weight excluding hydrogens is 280 g/mol. The second-order valence-corrected chi connectivity index (χ2v) is 4.82. The Hall–Kier alpha value is -2.35. The summed E-state index contributed by atoms with van der Waals surface area (Å²) in [6, 6.07) is 2.96. The van der Waals surface area contributed by atoms with E-state index in [1.807, 2.05) is 6.26 Å². The Balaban J connectivity index is 2.35. The largest absolute Gasteiger partial charge is 0.507 e. The van der Waals surface area contributed by atoms with Gasteiger partial charge in [0, 0.05) is 12.3 Å². The van der Waals surface area contributed by atoms with E-state index in [2.05, 4.69) is 15.1 Å². The summed E-state index contributed by atoms with van der Waals surface area (Å²) in [7, 11) is 0. The van der Waals surface area contributed by atoms with Crippen LogP contribution in [0.1, 0.15) is 5.76 Å². The molecule has 102 valence electrons. The van der Waals surface area contributed by atoms with E-state index in [0.29, 0.717) is 22.4 Å². The van der Waals surface area contributed by atoms with Crippen LogP contribution in [0.25, 0.3) is 17.0 Å². The first-order chi connectivity index (χ1) is 9.60. The quantitative estimate of drug-likeness (QED) is 0.714. The predicted molar refractivity (Wildman–Crippen MR) is 72.9 cm³/mol. The molecule has 8 heteroatoms. The van der Waals surface area contributed by atoms with Gasteiger partial charge in [-0.3, -0.25) is 0 Å². The minimum absolute atomic E-state index is 0.0422. The molecule has 0 aromatic carbocycles. The fraction of sp³-hybridized carbons (Fsp3) is 0.167. The third-order valence-corrected chi connectivity index (χ3v) is 3.25. The van der Waals surface area contributed by atoms with Crippen LogP contribution in [-0.2, 0) is 0 Å². The van der Waals surface area contributed by atoms with Crippen molar-refractivity contribution in [1.29, 1.82) is 0 Å². The maximum atomic E-state index is 12.0. The van der Waals surface area contributed by atoms with Crippen molar-refractivity contribution in [2.45, 2.75) is 12.1 Å². The van der Waals surface area contributed by atoms with Gasteiger partial charge >= 0.3 is 5.63 Å². The maximum absolute atomic E-state index is 12.0. The van der Waals surface area contributed by atoms with E-state index in [1.165, 1.54) is 28.5 Å². The Bertz CT molecular complexity index is 856. The molecule has 0 unspecified atom stereocenters. The molecule has 0 radical (unpaired) electrons. The molecule has 3 heterocycles. The molecule has 7 nitrogen and oxygen atoms in total. The van der Waals surface area contributed by atoms with Gasteiger partial charge in [-0.05, 0) is 19.2 Å². The highest BCUT2D eigenvalue weighted by atomic mass is 32.2. The number of aromatic hydroxyl groups is 1. The lowest BCUT2D eigenvalue weighted by molar-refractivity contribution is 0.437. The van der Waals surface area contributed by atoms with Crippen LogP contribution in [0.4, 0.5) is 0 Å². The molecule has 1 N–H and O–H groups in total. The maximum Gasteiger partial charge on any atom is 0.349 e. The first-order valence-corrected chi connectivity index (χ1v) is 6.92. The van der Waals surface area contributed by atoms with E-state index in [-0.39, 0.29) is 11.3 Å². The van der Waals surface area contributed by atoms with Crippen LogP contribution in [0.2, 0.25) is 0 Å². The Kier molecular flexibility index (Phi) is 2.94. The molecule has 3 aromatic heterocycles. The van der Waals surface area contributed by atoms with Gasteiger partial charge in [0.1, 0.15) is 17.1 Å². The Morgan fingerprint density at radius 1 is 1.45 bits per heavy atom. The molecule has 0 atom stereocenters. The second-order valence-electron chi connectivity index (χ2n) is 4.05. The molecule has 0 aliphatic carbocycles. The van der Waals surface area contributed by atoms with Crippen LogP contribution in [0.5, 0.6) is 5.75 Å². The Morgan fingerprint density at radius 2 is 2.25 bits per heavy atom. The zero-order valence-corrected chi connectivity index (χ0v) is 11.5. The van der Waals surface area contributed by atoms with Crippen LogP contribution >= 0.6 is 11.8 Å². The van der Waals surface area contributed by atoms with E-state index >= 15 is 0 Å². The number of nitrogens with zero attached hydrogens (tertiary/aromatic N) is 4. The lowest BCUT2D eigenvalue weighted by Gasteiger charge is -2.04. The highest BCUT2D eigenvalue weighted by molar-refractivity contribution is 7.98. The highest BCUT2D eigenvalue weighted by Gasteiger charge is 2.17. The molecule has 20 heavy (non-hydrogen) atoms. The summed E-state index contributed by atoms with van der Waals surface area (Å²) in [6.45, 7) is 1.59. The molecule has 0 fully saturated rings. The summed E-state index contributed by atoms with van der Waals surface area (Å²) >= 11 is 1.36. The number of fused-ring (bicyclic) bond motifs is 1. The fourth-order valence-corrected chi connectivity index (χ4v) is 2.22. The van der Waals surface area contributed by atoms with Gasteiger partial charge in [-0.2, -0.15) is 9.50 Å². The van der Waals surface area contributed by atoms with Gasteiger partial charge in [0.2, 0.25) is 5.16 Å². The molecule has 0 aliphatic heterocycles. The Morgan fingerprint density at radius 3 is 2.95 bits per heavy atom. The SMILES string of the molecule is CSc1nc2nccc(-c3c(O)cc(C)oc3=O)n2n1. The minimum Gasteiger partial charge on any atom is -0.507 e. The van der Waals surface area contributed by atoms with Gasteiger partial charge in [0.05, 0.1) is 5.69 Å². The van der Waals surface area contributed by atoms with E-state index in [0.717, 1.165) is 0 Å². The topological polar surface area (TPSA) is 93.5 Å². The minimum atomic E-state index is -0.629. The van der Waals surface area contributed by atoms with Gasteiger partial charge in [-0.1, -0.05) is 11.8 Å². The fourth-order valence-electron chi connectivity index (χ4n) is 1.88. The first kappa shape index (κ1) is 12.7. The molecule has 3 aromatic rings. The molecule has 0 spiro atoms. The molecule has 0 aliphatic rings. The van der Waals surface area contributed by atoms with Crippen molar-refractivity contribution in [3.05, 3.63) is 34.5 Å². The summed E-state index contributed by atoms with van der Waals surface area (Å²) in [6.07, 6.45) is 3.34. The van der Waals surface area contributed by atoms with Crippen molar-refractivity contribution in [1.82, 2.24) is 19.6 Å². The van der Waals surface area contributed by atoms with E-state index in [1.54, 1.807) is 13.0 Å². The first-order valence-electron chi connectivity index (χ1n) is 5.70. The summed E-state index contributed by atoms with van der Waals surface area (Å²) < 4.78 is 6.43. The number of aromatic nitrogens is 4. The molecule has 0 amide bonds. The summed E-state index contributed by atoms with van der Waals surface area (Å²) in [5.41, 5.74) is -0.203. The normalized spacial score (nSPS) is 11.1. The monoisotopic (exact) mass is 290 g/mol. The molecule has 3 rings (SSSR count). The zero-order chi connectivity index (χ0) is 14.3. The number of hydrogen-bond donors (Lipinski definition) is 1. The number of hydrogen-bond acceptors (Lipinski definition) is 7. The van der Waals surface area contributed by atoms with Gasteiger partial charge in [0.15, 0.2) is 0 Å². The van der Waals surface area contributed by atoms with Crippen molar-refractivity contribution < 1.29 is 9.52 Å². The lowest BCUT2D eigenvalue weighted by atomic mass is 10.2. The van der Waals surface area contributed by atoms with Gasteiger partial charge in [-0.15, -0.1) is 5.10 Å². The van der Waals surface area contributed by atoms with Crippen molar-refractivity contribution >= 4 is 17.5 Å². The molecule has 0 saturated carbocycles. The average molecular weight is 290 g/mol. The van der Waals surface area contributed by atoms with Crippen molar-refractivity contribution in [2.75, 3.05) is 6.26 Å². The predicted octanol–water partition coefficient (Wildman–Crippen LogP) is 1.48. The van der Waals surface area contributed by atoms with E-state index in [4.69, 9.17) is 4.42 Å². The van der Waals surface area contributed by atoms with Crippen LogP contribution in [0, 0.1) is 6.92 Å². The van der Waals surface area contributed by atoms with Crippen LogP contribution in [0.15, 0.2) is 32.7 Å². The Labute approximate surface area is 117 Å². The molecule has 0 bridgehead atoms. The van der Waals surface area contributed by atoms with Crippen molar-refractivity contribution in [3.8, 4) is 17.0 Å². The smallest absolute Gasteiger partial charge is 0.349 e. The van der Waals surface area contributed by atoms with Gasteiger partial charge < -0.3 is 9.52 Å².